The van der Waals surface area contributed by atoms with Crippen LogP contribution in [0.25, 0.3) is 0 Å². The van der Waals surface area contributed by atoms with E-state index in [1.54, 1.807) is 21.9 Å². The molecule has 0 bridgehead atoms. The third kappa shape index (κ3) is 4.12. The van der Waals surface area contributed by atoms with Gasteiger partial charge in [0.1, 0.15) is 0 Å². The number of rotatable bonds is 4. The molecule has 1 fully saturated rings. The van der Waals surface area contributed by atoms with Crippen LogP contribution < -0.4 is 10.6 Å². The Labute approximate surface area is 152 Å². The third-order valence-electron chi connectivity index (χ3n) is 4.41. The molecule has 2 aromatic rings. The zero-order valence-electron chi connectivity index (χ0n) is 13.8. The van der Waals surface area contributed by atoms with Gasteiger partial charge in [-0.05, 0) is 36.2 Å². The topological polar surface area (TPSA) is 66.6 Å². The number of halogens is 1. The molecule has 0 aromatic heterocycles. The number of benzene rings is 2. The van der Waals surface area contributed by atoms with Crippen LogP contribution in [0.4, 0.5) is 10.5 Å². The van der Waals surface area contributed by atoms with Gasteiger partial charge in [-0.15, -0.1) is 0 Å². The Morgan fingerprint density at radius 1 is 1.12 bits per heavy atom. The molecule has 1 saturated heterocycles. The van der Waals surface area contributed by atoms with Crippen molar-refractivity contribution < 1.29 is 9.59 Å². The number of primary amides is 1. The number of hydrogen-bond donors (Lipinski definition) is 1. The van der Waals surface area contributed by atoms with Crippen LogP contribution in [0, 0.1) is 5.92 Å². The molecule has 0 spiro atoms. The number of nitrogens with two attached hydrogens (primary N) is 1. The zero-order chi connectivity index (χ0) is 17.8. The molecule has 6 heteroatoms. The summed E-state index contributed by atoms with van der Waals surface area (Å²) in [5, 5.41) is 0.617. The molecular formula is C19H20ClN3O2. The number of carbonyl (C=O) groups is 2. The number of nitrogens with zero attached hydrogens (tertiary/aromatic N) is 2. The van der Waals surface area contributed by atoms with Crippen LogP contribution in [0.3, 0.4) is 0 Å². The Kier molecular flexibility index (Phi) is 5.24. The molecule has 1 aliphatic rings. The normalized spacial score (nSPS) is 16.7. The molecule has 1 unspecified atom stereocenters. The van der Waals surface area contributed by atoms with Crippen LogP contribution in [0.5, 0.6) is 0 Å². The van der Waals surface area contributed by atoms with Crippen LogP contribution in [0.2, 0.25) is 5.02 Å². The average molecular weight is 358 g/mol. The molecular weight excluding hydrogens is 338 g/mol. The minimum Gasteiger partial charge on any atom is -0.369 e. The van der Waals surface area contributed by atoms with E-state index in [1.807, 2.05) is 42.5 Å². The van der Waals surface area contributed by atoms with Crippen molar-refractivity contribution in [3.63, 3.8) is 0 Å². The minimum atomic E-state index is -0.351. The summed E-state index contributed by atoms with van der Waals surface area (Å²) in [5.41, 5.74) is 7.17. The Balaban J connectivity index is 1.84. The van der Waals surface area contributed by atoms with Crippen LogP contribution in [0.15, 0.2) is 54.6 Å². The Morgan fingerprint density at radius 3 is 2.40 bits per heavy atom. The number of likely N-dealkylation sites (tertiary alicyclic amines) is 1. The standard InChI is InChI=1S/C19H20ClN3O2/c20-16-6-8-17(9-7-16)23(12-14-4-2-1-3-5-14)19(25)22-11-10-15(13-22)18(21)24/h1-9,15H,10-13H2,(H2,21,24). The van der Waals surface area contributed by atoms with Crippen molar-refractivity contribution in [3.05, 3.63) is 65.2 Å². The van der Waals surface area contributed by atoms with Crippen molar-refractivity contribution in [2.75, 3.05) is 18.0 Å². The maximum Gasteiger partial charge on any atom is 0.324 e. The highest BCUT2D eigenvalue weighted by molar-refractivity contribution is 6.30. The SMILES string of the molecule is NC(=O)C1CCN(C(=O)N(Cc2ccccc2)c2ccc(Cl)cc2)C1. The fraction of sp³-hybridized carbons (Fsp3) is 0.263. The van der Waals surface area contributed by atoms with Gasteiger partial charge in [-0.3, -0.25) is 9.69 Å². The van der Waals surface area contributed by atoms with Gasteiger partial charge in [-0.2, -0.15) is 0 Å². The lowest BCUT2D eigenvalue weighted by Crippen LogP contribution is -2.42. The van der Waals surface area contributed by atoms with Crippen LogP contribution in [0.1, 0.15) is 12.0 Å². The monoisotopic (exact) mass is 357 g/mol. The predicted octanol–water partition coefficient (Wildman–Crippen LogP) is 3.27. The van der Waals surface area contributed by atoms with Crippen molar-refractivity contribution in [1.29, 1.82) is 0 Å². The van der Waals surface area contributed by atoms with Gasteiger partial charge >= 0.3 is 6.03 Å². The van der Waals surface area contributed by atoms with Crippen LogP contribution >= 0.6 is 11.6 Å². The van der Waals surface area contributed by atoms with E-state index in [4.69, 9.17) is 17.3 Å². The Hall–Kier alpha value is -2.53. The molecule has 1 heterocycles. The van der Waals surface area contributed by atoms with Crippen LogP contribution in [-0.2, 0) is 11.3 Å². The number of hydrogen-bond acceptors (Lipinski definition) is 2. The highest BCUT2D eigenvalue weighted by Crippen LogP contribution is 2.24. The minimum absolute atomic E-state index is 0.130. The smallest absolute Gasteiger partial charge is 0.324 e. The molecule has 2 N–H and O–H groups in total. The molecule has 0 saturated carbocycles. The van der Waals surface area contributed by atoms with Crippen molar-refractivity contribution in [1.82, 2.24) is 4.90 Å². The summed E-state index contributed by atoms with van der Waals surface area (Å²) in [7, 11) is 0. The lowest BCUT2D eigenvalue weighted by molar-refractivity contribution is -0.121. The fourth-order valence-electron chi connectivity index (χ4n) is 2.99. The summed E-state index contributed by atoms with van der Waals surface area (Å²) in [6, 6.07) is 16.8. The maximum absolute atomic E-state index is 13.1. The van der Waals surface area contributed by atoms with Gasteiger partial charge in [0.15, 0.2) is 0 Å². The van der Waals surface area contributed by atoms with E-state index in [0.29, 0.717) is 31.1 Å². The van der Waals surface area contributed by atoms with Gasteiger partial charge in [-0.1, -0.05) is 41.9 Å². The summed E-state index contributed by atoms with van der Waals surface area (Å²) >= 11 is 5.97. The molecule has 3 rings (SSSR count). The van der Waals surface area contributed by atoms with E-state index in [-0.39, 0.29) is 17.9 Å². The number of carbonyl (C=O) groups excluding carboxylic acids is 2. The molecule has 25 heavy (non-hydrogen) atoms. The molecule has 1 atom stereocenters. The van der Waals surface area contributed by atoms with Gasteiger partial charge in [0.25, 0.3) is 0 Å². The van der Waals surface area contributed by atoms with E-state index >= 15 is 0 Å². The van der Waals surface area contributed by atoms with Crippen molar-refractivity contribution >= 4 is 29.2 Å². The second-order valence-electron chi connectivity index (χ2n) is 6.16. The number of anilines is 1. The highest BCUT2D eigenvalue weighted by Gasteiger charge is 2.32. The fourth-order valence-corrected chi connectivity index (χ4v) is 3.12. The van der Waals surface area contributed by atoms with Gasteiger partial charge in [-0.25, -0.2) is 4.79 Å². The quantitative estimate of drug-likeness (QED) is 0.912. The molecule has 5 nitrogen and oxygen atoms in total. The molecule has 3 amide bonds. The first-order chi connectivity index (χ1) is 12.0. The zero-order valence-corrected chi connectivity index (χ0v) is 14.5. The lowest BCUT2D eigenvalue weighted by Gasteiger charge is -2.28. The van der Waals surface area contributed by atoms with E-state index in [2.05, 4.69) is 0 Å². The Morgan fingerprint density at radius 2 is 1.80 bits per heavy atom. The average Bonchev–Trinajstić information content (AvgIpc) is 3.11. The second-order valence-corrected chi connectivity index (χ2v) is 6.60. The number of urea groups is 1. The summed E-state index contributed by atoms with van der Waals surface area (Å²) in [6.07, 6.45) is 0.612. The summed E-state index contributed by atoms with van der Waals surface area (Å²) in [6.45, 7) is 1.34. The van der Waals surface area contributed by atoms with Gasteiger partial charge in [0.05, 0.1) is 12.5 Å². The second kappa shape index (κ2) is 7.57. The molecule has 0 radical (unpaired) electrons. The van der Waals surface area contributed by atoms with E-state index < -0.39 is 0 Å². The van der Waals surface area contributed by atoms with Crippen LogP contribution in [-0.4, -0.2) is 29.9 Å². The van der Waals surface area contributed by atoms with E-state index in [0.717, 1.165) is 11.3 Å². The summed E-state index contributed by atoms with van der Waals surface area (Å²) in [5.74, 6) is -0.621. The first-order valence-corrected chi connectivity index (χ1v) is 8.57. The third-order valence-corrected chi connectivity index (χ3v) is 4.67. The lowest BCUT2D eigenvalue weighted by atomic mass is 10.1. The van der Waals surface area contributed by atoms with Crippen molar-refractivity contribution in [2.24, 2.45) is 11.7 Å². The predicted molar refractivity (Wildman–Crippen MR) is 98.3 cm³/mol. The summed E-state index contributed by atoms with van der Waals surface area (Å²) < 4.78 is 0. The molecule has 130 valence electrons. The first kappa shape index (κ1) is 17.3. The van der Waals surface area contributed by atoms with Gasteiger partial charge in [0.2, 0.25) is 5.91 Å². The number of amides is 3. The van der Waals surface area contributed by atoms with Gasteiger partial charge < -0.3 is 10.6 Å². The highest BCUT2D eigenvalue weighted by atomic mass is 35.5. The van der Waals surface area contributed by atoms with E-state index in [1.165, 1.54) is 0 Å². The maximum atomic E-state index is 13.1. The van der Waals surface area contributed by atoms with Crippen molar-refractivity contribution in [3.8, 4) is 0 Å². The Bertz CT molecular complexity index is 749. The van der Waals surface area contributed by atoms with Crippen molar-refractivity contribution in [2.45, 2.75) is 13.0 Å². The molecule has 0 aliphatic carbocycles. The van der Waals surface area contributed by atoms with Gasteiger partial charge in [0, 0.05) is 23.8 Å². The molecule has 1 aliphatic heterocycles. The largest absolute Gasteiger partial charge is 0.369 e. The summed E-state index contributed by atoms with van der Waals surface area (Å²) in [4.78, 5) is 27.9. The molecule has 2 aromatic carbocycles. The first-order valence-electron chi connectivity index (χ1n) is 8.20. The van der Waals surface area contributed by atoms with E-state index in [9.17, 15) is 9.59 Å².